The highest BCUT2D eigenvalue weighted by Gasteiger charge is 2.28. The standard InChI is InChI=1S/C20H32N2/c1-4-5-6-7-8-12-15-21-16-17-22(18(2)3)20(21)19-13-10-9-11-14-19/h9-11,13-14,16-18,20H,4-8,12,15H2,1-3H3. The first-order valence-corrected chi connectivity index (χ1v) is 9.00. The number of rotatable bonds is 9. The van der Waals surface area contributed by atoms with Crippen LogP contribution in [0.4, 0.5) is 0 Å². The van der Waals surface area contributed by atoms with Crippen molar-refractivity contribution in [2.45, 2.75) is 71.5 Å². The lowest BCUT2D eigenvalue weighted by Crippen LogP contribution is -2.35. The molecule has 0 bridgehead atoms. The minimum atomic E-state index is 0.372. The average Bonchev–Trinajstić information content (AvgIpc) is 2.96. The molecule has 0 aliphatic carbocycles. The Bertz CT molecular complexity index is 438. The van der Waals surface area contributed by atoms with E-state index in [1.807, 2.05) is 0 Å². The van der Waals surface area contributed by atoms with E-state index in [4.69, 9.17) is 0 Å². The van der Waals surface area contributed by atoms with Crippen LogP contribution in [0, 0.1) is 0 Å². The molecular weight excluding hydrogens is 268 g/mol. The summed E-state index contributed by atoms with van der Waals surface area (Å²) in [6.07, 6.45) is 13.1. The fourth-order valence-electron chi connectivity index (χ4n) is 3.21. The summed E-state index contributed by atoms with van der Waals surface area (Å²) in [5.41, 5.74) is 1.40. The second-order valence-corrected chi connectivity index (χ2v) is 6.63. The lowest BCUT2D eigenvalue weighted by Gasteiger charge is -2.35. The minimum absolute atomic E-state index is 0.372. The summed E-state index contributed by atoms with van der Waals surface area (Å²) < 4.78 is 0. The number of hydrogen-bond acceptors (Lipinski definition) is 2. The Hall–Kier alpha value is -1.44. The van der Waals surface area contributed by atoms with Crippen LogP contribution in [0.15, 0.2) is 42.7 Å². The molecule has 2 rings (SSSR count). The van der Waals surface area contributed by atoms with Crippen LogP contribution in [-0.4, -0.2) is 22.4 Å². The average molecular weight is 300 g/mol. The summed E-state index contributed by atoms with van der Waals surface area (Å²) in [5.74, 6) is 0. The zero-order valence-electron chi connectivity index (χ0n) is 14.5. The van der Waals surface area contributed by atoms with E-state index >= 15 is 0 Å². The highest BCUT2D eigenvalue weighted by Crippen LogP contribution is 2.32. The van der Waals surface area contributed by atoms with Crippen LogP contribution in [0.2, 0.25) is 0 Å². The number of unbranched alkanes of at least 4 members (excludes halogenated alkanes) is 5. The van der Waals surface area contributed by atoms with Gasteiger partial charge in [0, 0.05) is 25.0 Å². The van der Waals surface area contributed by atoms with E-state index in [1.165, 1.54) is 44.1 Å². The minimum Gasteiger partial charge on any atom is -0.352 e. The zero-order chi connectivity index (χ0) is 15.8. The molecule has 0 N–H and O–H groups in total. The summed E-state index contributed by atoms with van der Waals surface area (Å²) in [6, 6.07) is 11.4. The van der Waals surface area contributed by atoms with E-state index in [-0.39, 0.29) is 0 Å². The first-order chi connectivity index (χ1) is 10.7. The van der Waals surface area contributed by atoms with Crippen LogP contribution in [0.5, 0.6) is 0 Å². The van der Waals surface area contributed by atoms with Crippen LogP contribution >= 0.6 is 0 Å². The summed E-state index contributed by atoms with van der Waals surface area (Å²) in [5, 5.41) is 0. The van der Waals surface area contributed by atoms with E-state index in [2.05, 4.69) is 73.3 Å². The molecule has 1 aromatic carbocycles. The molecule has 122 valence electrons. The van der Waals surface area contributed by atoms with Gasteiger partial charge in [-0.05, 0) is 25.8 Å². The fourth-order valence-corrected chi connectivity index (χ4v) is 3.21. The first-order valence-electron chi connectivity index (χ1n) is 9.00. The molecule has 22 heavy (non-hydrogen) atoms. The Balaban J connectivity index is 1.90. The molecule has 0 radical (unpaired) electrons. The van der Waals surface area contributed by atoms with Crippen molar-refractivity contribution < 1.29 is 0 Å². The van der Waals surface area contributed by atoms with Crippen molar-refractivity contribution >= 4 is 0 Å². The van der Waals surface area contributed by atoms with E-state index in [1.54, 1.807) is 0 Å². The van der Waals surface area contributed by atoms with Gasteiger partial charge in [-0.3, -0.25) is 0 Å². The van der Waals surface area contributed by atoms with Crippen LogP contribution in [0.1, 0.15) is 71.0 Å². The monoisotopic (exact) mass is 300 g/mol. The van der Waals surface area contributed by atoms with Crippen molar-refractivity contribution in [1.82, 2.24) is 9.80 Å². The summed E-state index contributed by atoms with van der Waals surface area (Å²) >= 11 is 0. The lowest BCUT2D eigenvalue weighted by molar-refractivity contribution is 0.126. The van der Waals surface area contributed by atoms with Gasteiger partial charge in [-0.15, -0.1) is 0 Å². The maximum absolute atomic E-state index is 2.51. The smallest absolute Gasteiger partial charge is 0.127 e. The maximum atomic E-state index is 2.51. The molecule has 0 saturated heterocycles. The highest BCUT2D eigenvalue weighted by molar-refractivity contribution is 5.22. The molecule has 0 amide bonds. The third-order valence-corrected chi connectivity index (χ3v) is 4.49. The van der Waals surface area contributed by atoms with Gasteiger partial charge < -0.3 is 9.80 Å². The van der Waals surface area contributed by atoms with Crippen molar-refractivity contribution in [2.75, 3.05) is 6.54 Å². The SMILES string of the molecule is CCCCCCCCN1C=CN(C(C)C)C1c1ccccc1. The molecule has 0 spiro atoms. The normalized spacial score (nSPS) is 17.7. The van der Waals surface area contributed by atoms with Gasteiger partial charge in [0.2, 0.25) is 0 Å². The van der Waals surface area contributed by atoms with Crippen molar-refractivity contribution in [3.8, 4) is 0 Å². The molecule has 2 heteroatoms. The second-order valence-electron chi connectivity index (χ2n) is 6.63. The van der Waals surface area contributed by atoms with Gasteiger partial charge >= 0.3 is 0 Å². The van der Waals surface area contributed by atoms with Gasteiger partial charge in [0.15, 0.2) is 0 Å². The molecule has 0 fully saturated rings. The molecular formula is C20H32N2. The van der Waals surface area contributed by atoms with E-state index in [0.717, 1.165) is 6.54 Å². The second kappa shape index (κ2) is 8.87. The fraction of sp³-hybridized carbons (Fsp3) is 0.600. The Morgan fingerprint density at radius 2 is 1.59 bits per heavy atom. The Morgan fingerprint density at radius 1 is 0.909 bits per heavy atom. The zero-order valence-corrected chi connectivity index (χ0v) is 14.5. The number of hydrogen-bond donors (Lipinski definition) is 0. The van der Waals surface area contributed by atoms with Gasteiger partial charge in [0.25, 0.3) is 0 Å². The van der Waals surface area contributed by atoms with Gasteiger partial charge in [0.1, 0.15) is 6.17 Å². The van der Waals surface area contributed by atoms with Crippen molar-refractivity contribution in [2.24, 2.45) is 0 Å². The predicted octanol–water partition coefficient (Wildman–Crippen LogP) is 5.54. The van der Waals surface area contributed by atoms with Gasteiger partial charge in [0.05, 0.1) is 0 Å². The first kappa shape index (κ1) is 16.9. The van der Waals surface area contributed by atoms with Crippen LogP contribution < -0.4 is 0 Å². The van der Waals surface area contributed by atoms with Gasteiger partial charge in [-0.2, -0.15) is 0 Å². The van der Waals surface area contributed by atoms with Crippen LogP contribution in [0.25, 0.3) is 0 Å². The van der Waals surface area contributed by atoms with E-state index in [0.29, 0.717) is 12.2 Å². The molecule has 0 saturated carbocycles. The molecule has 1 aromatic rings. The topological polar surface area (TPSA) is 6.48 Å². The molecule has 1 atom stereocenters. The van der Waals surface area contributed by atoms with Gasteiger partial charge in [-0.25, -0.2) is 0 Å². The maximum Gasteiger partial charge on any atom is 0.127 e. The van der Waals surface area contributed by atoms with E-state index in [9.17, 15) is 0 Å². The van der Waals surface area contributed by atoms with Gasteiger partial charge in [-0.1, -0.05) is 69.4 Å². The summed E-state index contributed by atoms with van der Waals surface area (Å²) in [4.78, 5) is 4.97. The van der Waals surface area contributed by atoms with Crippen LogP contribution in [-0.2, 0) is 0 Å². The lowest BCUT2D eigenvalue weighted by atomic mass is 10.1. The Kier molecular flexibility index (Phi) is 6.82. The van der Waals surface area contributed by atoms with Crippen molar-refractivity contribution in [1.29, 1.82) is 0 Å². The number of benzene rings is 1. The highest BCUT2D eigenvalue weighted by atomic mass is 15.4. The number of nitrogens with zero attached hydrogens (tertiary/aromatic N) is 2. The third kappa shape index (κ3) is 4.53. The molecule has 1 aliphatic heterocycles. The molecule has 0 aromatic heterocycles. The molecule has 1 heterocycles. The third-order valence-electron chi connectivity index (χ3n) is 4.49. The molecule has 1 unspecified atom stereocenters. The summed E-state index contributed by atoms with van der Waals surface area (Å²) in [7, 11) is 0. The Morgan fingerprint density at radius 3 is 2.27 bits per heavy atom. The van der Waals surface area contributed by atoms with Crippen molar-refractivity contribution in [3.63, 3.8) is 0 Å². The predicted molar refractivity (Wildman–Crippen MR) is 95.4 cm³/mol. The Labute approximate surface area is 136 Å². The van der Waals surface area contributed by atoms with E-state index < -0.39 is 0 Å². The molecule has 1 aliphatic rings. The summed E-state index contributed by atoms with van der Waals surface area (Å²) in [6.45, 7) is 7.98. The molecule has 2 nitrogen and oxygen atoms in total. The largest absolute Gasteiger partial charge is 0.352 e. The van der Waals surface area contributed by atoms with Crippen molar-refractivity contribution in [3.05, 3.63) is 48.3 Å². The van der Waals surface area contributed by atoms with Crippen LogP contribution in [0.3, 0.4) is 0 Å². The quantitative estimate of drug-likeness (QED) is 0.552.